The van der Waals surface area contributed by atoms with Crippen molar-refractivity contribution in [2.75, 3.05) is 0 Å². The second-order valence-corrected chi connectivity index (χ2v) is 8.03. The zero-order valence-corrected chi connectivity index (χ0v) is 17.2. The Hall–Kier alpha value is -3.17. The van der Waals surface area contributed by atoms with E-state index in [0.717, 1.165) is 34.1 Å². The molecule has 0 atom stereocenters. The summed E-state index contributed by atoms with van der Waals surface area (Å²) >= 11 is 0. The number of nitrogens with zero attached hydrogens (tertiary/aromatic N) is 1. The molecule has 0 saturated heterocycles. The molecule has 3 nitrogen and oxygen atoms in total. The van der Waals surface area contributed by atoms with Gasteiger partial charge in [-0.3, -0.25) is 0 Å². The lowest BCUT2D eigenvalue weighted by molar-refractivity contribution is 0.107. The largest absolute Gasteiger partial charge is 0.372 e. The van der Waals surface area contributed by atoms with Crippen molar-refractivity contribution in [2.45, 2.75) is 38.9 Å². The van der Waals surface area contributed by atoms with Crippen LogP contribution in [0.5, 0.6) is 0 Å². The fourth-order valence-electron chi connectivity index (χ4n) is 3.81. The first-order valence-electron chi connectivity index (χ1n) is 10.6. The molecule has 0 unspecified atom stereocenters. The molecule has 3 heteroatoms. The maximum absolute atomic E-state index is 5.94. The summed E-state index contributed by atoms with van der Waals surface area (Å²) in [6, 6.07) is 27.7. The fourth-order valence-corrected chi connectivity index (χ4v) is 3.81. The molecule has 0 bridgehead atoms. The molecule has 30 heavy (non-hydrogen) atoms. The number of ether oxygens (including phenoxy) is 1. The third-order valence-corrected chi connectivity index (χ3v) is 5.78. The van der Waals surface area contributed by atoms with E-state index in [9.17, 15) is 0 Å². The van der Waals surface area contributed by atoms with E-state index in [2.05, 4.69) is 65.8 Å². The Morgan fingerprint density at radius 1 is 0.800 bits per heavy atom. The SMILES string of the molecule is Cc1noc(-c2ccc(-c3ccc(C4CC4)cc3)cc2)c1COCc1ccccc1. The zero-order chi connectivity index (χ0) is 20.3. The van der Waals surface area contributed by atoms with Crippen LogP contribution in [0.15, 0.2) is 83.4 Å². The van der Waals surface area contributed by atoms with Gasteiger partial charge in [0.25, 0.3) is 0 Å². The van der Waals surface area contributed by atoms with Gasteiger partial charge >= 0.3 is 0 Å². The van der Waals surface area contributed by atoms with Gasteiger partial charge in [-0.15, -0.1) is 0 Å². The van der Waals surface area contributed by atoms with Crippen molar-refractivity contribution in [3.63, 3.8) is 0 Å². The highest BCUT2D eigenvalue weighted by molar-refractivity contribution is 5.70. The number of hydrogen-bond acceptors (Lipinski definition) is 3. The van der Waals surface area contributed by atoms with Crippen molar-refractivity contribution < 1.29 is 9.26 Å². The molecule has 1 aliphatic rings. The van der Waals surface area contributed by atoms with Crippen LogP contribution in [0, 0.1) is 6.92 Å². The molecule has 3 aromatic carbocycles. The predicted molar refractivity (Wildman–Crippen MR) is 119 cm³/mol. The van der Waals surface area contributed by atoms with Crippen molar-refractivity contribution in [3.8, 4) is 22.5 Å². The molecule has 1 fully saturated rings. The van der Waals surface area contributed by atoms with Crippen molar-refractivity contribution >= 4 is 0 Å². The monoisotopic (exact) mass is 395 g/mol. The predicted octanol–water partition coefficient (Wildman–Crippen LogP) is 6.91. The molecule has 0 aliphatic heterocycles. The number of aromatic nitrogens is 1. The van der Waals surface area contributed by atoms with E-state index >= 15 is 0 Å². The number of hydrogen-bond donors (Lipinski definition) is 0. The van der Waals surface area contributed by atoms with Crippen LogP contribution in [0.4, 0.5) is 0 Å². The highest BCUT2D eigenvalue weighted by Gasteiger charge is 2.23. The lowest BCUT2D eigenvalue weighted by Gasteiger charge is -2.07. The minimum Gasteiger partial charge on any atom is -0.372 e. The van der Waals surface area contributed by atoms with Gasteiger partial charge in [0.05, 0.1) is 18.9 Å². The first-order valence-corrected chi connectivity index (χ1v) is 10.6. The standard InChI is InChI=1S/C27H25NO2/c1-19-26(18-29-17-20-5-3-2-4-6-20)27(30-28-19)25-15-13-24(14-16-25)23-11-9-22(10-12-23)21-7-8-21/h2-6,9-16,21H,7-8,17-18H2,1H3. The van der Waals surface area contributed by atoms with Crippen molar-refractivity contribution in [2.24, 2.45) is 0 Å². The van der Waals surface area contributed by atoms with Crippen LogP contribution in [0.3, 0.4) is 0 Å². The molecule has 0 spiro atoms. The van der Waals surface area contributed by atoms with Crippen LogP contribution in [0.25, 0.3) is 22.5 Å². The lowest BCUT2D eigenvalue weighted by Crippen LogP contribution is -1.96. The van der Waals surface area contributed by atoms with E-state index in [0.29, 0.717) is 13.2 Å². The Labute approximate surface area is 177 Å². The normalized spacial score (nSPS) is 13.5. The maximum Gasteiger partial charge on any atom is 0.172 e. The first-order chi connectivity index (χ1) is 14.8. The minimum atomic E-state index is 0.476. The molecule has 1 saturated carbocycles. The van der Waals surface area contributed by atoms with E-state index in [1.165, 1.54) is 29.5 Å². The summed E-state index contributed by atoms with van der Waals surface area (Å²) < 4.78 is 11.6. The maximum atomic E-state index is 5.94. The molecular formula is C27H25NO2. The fraction of sp³-hybridized carbons (Fsp3) is 0.222. The molecule has 1 aromatic heterocycles. The lowest BCUT2D eigenvalue weighted by atomic mass is 10.00. The summed E-state index contributed by atoms with van der Waals surface area (Å²) in [7, 11) is 0. The summed E-state index contributed by atoms with van der Waals surface area (Å²) in [5, 5.41) is 4.18. The van der Waals surface area contributed by atoms with E-state index in [-0.39, 0.29) is 0 Å². The van der Waals surface area contributed by atoms with Crippen LogP contribution >= 0.6 is 0 Å². The van der Waals surface area contributed by atoms with Crippen LogP contribution in [-0.4, -0.2) is 5.16 Å². The van der Waals surface area contributed by atoms with Crippen LogP contribution in [-0.2, 0) is 18.0 Å². The van der Waals surface area contributed by atoms with Gasteiger partial charge in [0, 0.05) is 11.1 Å². The van der Waals surface area contributed by atoms with E-state index in [4.69, 9.17) is 9.26 Å². The third kappa shape index (κ3) is 4.07. The molecule has 4 aromatic rings. The minimum absolute atomic E-state index is 0.476. The summed E-state index contributed by atoms with van der Waals surface area (Å²) in [5.41, 5.74) is 7.97. The summed E-state index contributed by atoms with van der Waals surface area (Å²) in [5.74, 6) is 1.58. The zero-order valence-electron chi connectivity index (χ0n) is 17.2. The molecule has 5 rings (SSSR count). The molecule has 150 valence electrons. The summed E-state index contributed by atoms with van der Waals surface area (Å²) in [4.78, 5) is 0. The van der Waals surface area contributed by atoms with Crippen molar-refractivity contribution in [1.29, 1.82) is 0 Å². The summed E-state index contributed by atoms with van der Waals surface area (Å²) in [6.45, 7) is 3.01. The molecule has 0 N–H and O–H groups in total. The van der Waals surface area contributed by atoms with Gasteiger partial charge in [0.2, 0.25) is 0 Å². The average molecular weight is 396 g/mol. The first kappa shape index (κ1) is 18.8. The third-order valence-electron chi connectivity index (χ3n) is 5.78. The Kier molecular flexibility index (Phi) is 5.20. The van der Waals surface area contributed by atoms with Gasteiger partial charge in [-0.2, -0.15) is 0 Å². The Morgan fingerprint density at radius 3 is 2.10 bits per heavy atom. The second kappa shape index (κ2) is 8.29. The van der Waals surface area contributed by atoms with Gasteiger partial charge < -0.3 is 9.26 Å². The number of benzene rings is 3. The molecule has 1 aliphatic carbocycles. The quantitative estimate of drug-likeness (QED) is 0.341. The van der Waals surface area contributed by atoms with Crippen molar-refractivity contribution in [3.05, 3.63) is 101 Å². The number of rotatable bonds is 7. The van der Waals surface area contributed by atoms with Crippen LogP contribution in [0.2, 0.25) is 0 Å². The molecule has 0 amide bonds. The van der Waals surface area contributed by atoms with E-state index in [1.54, 1.807) is 0 Å². The van der Waals surface area contributed by atoms with Gasteiger partial charge in [-0.25, -0.2) is 0 Å². The Balaban J connectivity index is 1.30. The summed E-state index contributed by atoms with van der Waals surface area (Å²) in [6.07, 6.45) is 2.67. The average Bonchev–Trinajstić information content (AvgIpc) is 3.59. The smallest absolute Gasteiger partial charge is 0.172 e. The topological polar surface area (TPSA) is 35.3 Å². The van der Waals surface area contributed by atoms with E-state index < -0.39 is 0 Å². The molecule has 1 heterocycles. The van der Waals surface area contributed by atoms with Gasteiger partial charge in [0.1, 0.15) is 0 Å². The van der Waals surface area contributed by atoms with Gasteiger partial charge in [-0.05, 0) is 47.9 Å². The molecule has 0 radical (unpaired) electrons. The molecular weight excluding hydrogens is 370 g/mol. The Bertz CT molecular complexity index is 1110. The highest BCUT2D eigenvalue weighted by Crippen LogP contribution is 2.40. The van der Waals surface area contributed by atoms with Gasteiger partial charge in [-0.1, -0.05) is 84.0 Å². The van der Waals surface area contributed by atoms with Crippen LogP contribution < -0.4 is 0 Å². The van der Waals surface area contributed by atoms with Gasteiger partial charge in [0.15, 0.2) is 5.76 Å². The highest BCUT2D eigenvalue weighted by atomic mass is 16.5. The number of aryl methyl sites for hydroxylation is 1. The Morgan fingerprint density at radius 2 is 1.43 bits per heavy atom. The van der Waals surface area contributed by atoms with Crippen molar-refractivity contribution in [1.82, 2.24) is 5.16 Å². The van der Waals surface area contributed by atoms with E-state index in [1.807, 2.05) is 25.1 Å². The second-order valence-electron chi connectivity index (χ2n) is 8.03. The van der Waals surface area contributed by atoms with Crippen LogP contribution in [0.1, 0.15) is 41.1 Å².